The molecule has 80 valence electrons. The zero-order chi connectivity index (χ0) is 11.1. The molecule has 1 heterocycles. The summed E-state index contributed by atoms with van der Waals surface area (Å²) in [4.78, 5) is 0. The molecule has 2 N–H and O–H groups in total. The zero-order valence-corrected chi connectivity index (χ0v) is 9.50. The molecular weight excluding hydrogens is 186 g/mol. The average Bonchev–Trinajstić information content (AvgIpc) is 2.59. The summed E-state index contributed by atoms with van der Waals surface area (Å²) < 4.78 is 5.82. The molecular formula is C13H17NO. The molecule has 0 radical (unpaired) electrons. The van der Waals surface area contributed by atoms with E-state index in [1.165, 1.54) is 0 Å². The van der Waals surface area contributed by atoms with Gasteiger partial charge in [0.05, 0.1) is 0 Å². The minimum atomic E-state index is 0.0574. The Bertz CT molecular complexity index is 477. The number of fused-ring (bicyclic) bond motifs is 1. The van der Waals surface area contributed by atoms with Crippen molar-refractivity contribution in [2.75, 3.05) is 0 Å². The lowest BCUT2D eigenvalue weighted by Crippen LogP contribution is -2.08. The summed E-state index contributed by atoms with van der Waals surface area (Å²) in [6, 6.07) is 8.24. The largest absolute Gasteiger partial charge is 0.461 e. The van der Waals surface area contributed by atoms with E-state index in [-0.39, 0.29) is 5.41 Å². The maximum Gasteiger partial charge on any atom is 0.134 e. The molecule has 2 rings (SSSR count). The van der Waals surface area contributed by atoms with Crippen LogP contribution in [0.1, 0.15) is 32.1 Å². The maximum atomic E-state index is 5.82. The zero-order valence-electron chi connectivity index (χ0n) is 9.50. The van der Waals surface area contributed by atoms with E-state index < -0.39 is 0 Å². The van der Waals surface area contributed by atoms with Crippen LogP contribution in [0.3, 0.4) is 0 Å². The van der Waals surface area contributed by atoms with Gasteiger partial charge in [-0.05, 0) is 17.7 Å². The van der Waals surface area contributed by atoms with Gasteiger partial charge in [-0.25, -0.2) is 0 Å². The van der Waals surface area contributed by atoms with Crippen LogP contribution in [-0.2, 0) is 12.0 Å². The number of nitrogens with two attached hydrogens (primary N) is 1. The first-order chi connectivity index (χ1) is 7.00. The predicted molar refractivity (Wildman–Crippen MR) is 62.8 cm³/mol. The Labute approximate surface area is 90.1 Å². The summed E-state index contributed by atoms with van der Waals surface area (Å²) in [5.41, 5.74) is 7.69. The molecule has 0 aliphatic heterocycles. The highest BCUT2D eigenvalue weighted by molar-refractivity contribution is 5.78. The lowest BCUT2D eigenvalue weighted by atomic mass is 9.93. The Morgan fingerprint density at radius 3 is 2.53 bits per heavy atom. The van der Waals surface area contributed by atoms with E-state index in [9.17, 15) is 0 Å². The van der Waals surface area contributed by atoms with Crippen LogP contribution in [0.5, 0.6) is 0 Å². The third kappa shape index (κ3) is 1.90. The van der Waals surface area contributed by atoms with Gasteiger partial charge in [-0.2, -0.15) is 0 Å². The van der Waals surface area contributed by atoms with E-state index in [2.05, 4.69) is 32.9 Å². The molecule has 0 aliphatic rings. The van der Waals surface area contributed by atoms with Crippen molar-refractivity contribution < 1.29 is 4.42 Å². The van der Waals surface area contributed by atoms with Gasteiger partial charge >= 0.3 is 0 Å². The molecule has 0 amide bonds. The summed E-state index contributed by atoms with van der Waals surface area (Å²) in [7, 11) is 0. The molecule has 0 bridgehead atoms. The van der Waals surface area contributed by atoms with Crippen LogP contribution in [0.25, 0.3) is 11.0 Å². The van der Waals surface area contributed by atoms with Crippen molar-refractivity contribution in [2.45, 2.75) is 32.7 Å². The molecule has 1 aromatic carbocycles. The van der Waals surface area contributed by atoms with E-state index in [0.717, 1.165) is 22.3 Å². The van der Waals surface area contributed by atoms with E-state index in [1.807, 2.05) is 12.1 Å². The SMILES string of the molecule is CC(C)(C)c1cc2ccc(CN)cc2o1. The van der Waals surface area contributed by atoms with Crippen molar-refractivity contribution >= 4 is 11.0 Å². The number of benzene rings is 1. The van der Waals surface area contributed by atoms with Crippen LogP contribution < -0.4 is 5.73 Å². The van der Waals surface area contributed by atoms with Gasteiger partial charge in [0.15, 0.2) is 0 Å². The van der Waals surface area contributed by atoms with Gasteiger partial charge in [0.1, 0.15) is 11.3 Å². The predicted octanol–water partition coefficient (Wildman–Crippen LogP) is 3.19. The van der Waals surface area contributed by atoms with Crippen molar-refractivity contribution in [3.8, 4) is 0 Å². The third-order valence-electron chi connectivity index (χ3n) is 2.56. The highest BCUT2D eigenvalue weighted by Gasteiger charge is 2.18. The van der Waals surface area contributed by atoms with Gasteiger partial charge < -0.3 is 10.2 Å². The van der Waals surface area contributed by atoms with Crippen LogP contribution in [0.4, 0.5) is 0 Å². The molecule has 2 aromatic rings. The molecule has 2 heteroatoms. The van der Waals surface area contributed by atoms with Gasteiger partial charge in [-0.1, -0.05) is 32.9 Å². The van der Waals surface area contributed by atoms with Crippen molar-refractivity contribution in [3.63, 3.8) is 0 Å². The summed E-state index contributed by atoms with van der Waals surface area (Å²) in [5.74, 6) is 1.02. The van der Waals surface area contributed by atoms with Crippen LogP contribution >= 0.6 is 0 Å². The number of furan rings is 1. The standard InChI is InChI=1S/C13H17NO/c1-13(2,3)12-7-10-5-4-9(8-14)6-11(10)15-12/h4-7H,8,14H2,1-3H3. The van der Waals surface area contributed by atoms with Gasteiger partial charge in [-0.15, -0.1) is 0 Å². The van der Waals surface area contributed by atoms with Crippen molar-refractivity contribution in [1.82, 2.24) is 0 Å². The Morgan fingerprint density at radius 1 is 1.20 bits per heavy atom. The fraction of sp³-hybridized carbons (Fsp3) is 0.385. The monoisotopic (exact) mass is 203 g/mol. The maximum absolute atomic E-state index is 5.82. The van der Waals surface area contributed by atoms with Crippen LogP contribution in [0, 0.1) is 0 Å². The Balaban J connectivity index is 2.56. The highest BCUT2D eigenvalue weighted by Crippen LogP contribution is 2.29. The first-order valence-electron chi connectivity index (χ1n) is 5.24. The van der Waals surface area contributed by atoms with E-state index in [0.29, 0.717) is 6.54 Å². The van der Waals surface area contributed by atoms with Gasteiger partial charge in [-0.3, -0.25) is 0 Å². The molecule has 15 heavy (non-hydrogen) atoms. The second-order valence-corrected chi connectivity index (χ2v) is 4.94. The molecule has 0 fully saturated rings. The molecule has 0 aliphatic carbocycles. The van der Waals surface area contributed by atoms with Crippen LogP contribution in [0.15, 0.2) is 28.7 Å². The van der Waals surface area contributed by atoms with E-state index >= 15 is 0 Å². The molecule has 2 nitrogen and oxygen atoms in total. The van der Waals surface area contributed by atoms with Crippen molar-refractivity contribution in [2.24, 2.45) is 5.73 Å². The average molecular weight is 203 g/mol. The normalized spacial score (nSPS) is 12.3. The van der Waals surface area contributed by atoms with Crippen LogP contribution in [0.2, 0.25) is 0 Å². The lowest BCUT2D eigenvalue weighted by molar-refractivity contribution is 0.430. The number of hydrogen-bond acceptors (Lipinski definition) is 2. The third-order valence-corrected chi connectivity index (χ3v) is 2.56. The molecule has 0 saturated heterocycles. The summed E-state index contributed by atoms with van der Waals surface area (Å²) in [6.07, 6.45) is 0. The first kappa shape index (κ1) is 10.2. The van der Waals surface area contributed by atoms with Crippen molar-refractivity contribution in [1.29, 1.82) is 0 Å². The Kier molecular flexibility index (Phi) is 2.31. The lowest BCUT2D eigenvalue weighted by Gasteiger charge is -2.13. The second kappa shape index (κ2) is 3.38. The van der Waals surface area contributed by atoms with E-state index in [4.69, 9.17) is 10.2 Å². The quantitative estimate of drug-likeness (QED) is 0.773. The fourth-order valence-electron chi connectivity index (χ4n) is 1.57. The van der Waals surface area contributed by atoms with Crippen LogP contribution in [-0.4, -0.2) is 0 Å². The van der Waals surface area contributed by atoms with E-state index in [1.54, 1.807) is 0 Å². The minimum absolute atomic E-state index is 0.0574. The second-order valence-electron chi connectivity index (χ2n) is 4.94. The molecule has 0 saturated carbocycles. The highest BCUT2D eigenvalue weighted by atomic mass is 16.3. The molecule has 0 spiro atoms. The van der Waals surface area contributed by atoms with Crippen molar-refractivity contribution in [3.05, 3.63) is 35.6 Å². The summed E-state index contributed by atoms with van der Waals surface area (Å²) in [5, 5.41) is 1.15. The Morgan fingerprint density at radius 2 is 1.93 bits per heavy atom. The topological polar surface area (TPSA) is 39.2 Å². The van der Waals surface area contributed by atoms with Gasteiger partial charge in [0, 0.05) is 17.3 Å². The fourth-order valence-corrected chi connectivity index (χ4v) is 1.57. The van der Waals surface area contributed by atoms with Gasteiger partial charge in [0.2, 0.25) is 0 Å². The smallest absolute Gasteiger partial charge is 0.134 e. The molecule has 0 atom stereocenters. The number of rotatable bonds is 1. The Hall–Kier alpha value is -1.28. The first-order valence-corrected chi connectivity index (χ1v) is 5.24. The van der Waals surface area contributed by atoms with Gasteiger partial charge in [0.25, 0.3) is 0 Å². The minimum Gasteiger partial charge on any atom is -0.461 e. The molecule has 1 aromatic heterocycles. The number of hydrogen-bond donors (Lipinski definition) is 1. The summed E-state index contributed by atoms with van der Waals surface area (Å²) in [6.45, 7) is 7.00. The molecule has 0 unspecified atom stereocenters. The summed E-state index contributed by atoms with van der Waals surface area (Å²) >= 11 is 0.